The molecule has 3 rings (SSSR count). The van der Waals surface area contributed by atoms with Gasteiger partial charge in [-0.3, -0.25) is 14.4 Å². The Morgan fingerprint density at radius 1 is 0.967 bits per heavy atom. The lowest BCUT2D eigenvalue weighted by Gasteiger charge is -2.54. The van der Waals surface area contributed by atoms with Crippen molar-refractivity contribution in [3.63, 3.8) is 0 Å². The Bertz CT molecular complexity index is 689. The summed E-state index contributed by atoms with van der Waals surface area (Å²) in [6, 6.07) is 0. The minimum atomic E-state index is -1.01. The Labute approximate surface area is 179 Å². The molecule has 0 aromatic rings. The van der Waals surface area contributed by atoms with Crippen molar-refractivity contribution in [1.82, 2.24) is 0 Å². The Morgan fingerprint density at radius 2 is 1.67 bits per heavy atom. The highest BCUT2D eigenvalue weighted by Gasteiger charge is 2.61. The van der Waals surface area contributed by atoms with E-state index in [4.69, 9.17) is 5.11 Å². The van der Waals surface area contributed by atoms with Crippen molar-refractivity contribution >= 4 is 17.9 Å². The highest BCUT2D eigenvalue weighted by molar-refractivity contribution is 5.76. The van der Waals surface area contributed by atoms with E-state index in [9.17, 15) is 24.6 Å². The van der Waals surface area contributed by atoms with E-state index in [2.05, 4.69) is 6.92 Å². The van der Waals surface area contributed by atoms with Crippen LogP contribution >= 0.6 is 0 Å². The van der Waals surface area contributed by atoms with Crippen molar-refractivity contribution in [3.05, 3.63) is 0 Å². The Hall–Kier alpha value is -1.59. The summed E-state index contributed by atoms with van der Waals surface area (Å²) in [5, 5.41) is 29.7. The molecule has 0 aromatic carbocycles. The van der Waals surface area contributed by atoms with Gasteiger partial charge in [-0.1, -0.05) is 26.7 Å². The summed E-state index contributed by atoms with van der Waals surface area (Å²) in [4.78, 5) is 36.2. The number of carbonyl (C=O) groups is 3. The molecule has 0 spiro atoms. The molecule has 8 atom stereocenters. The maximum absolute atomic E-state index is 12.6. The summed E-state index contributed by atoms with van der Waals surface area (Å²) in [6.45, 7) is 5.91. The maximum atomic E-state index is 12.6. The van der Waals surface area contributed by atoms with Crippen molar-refractivity contribution in [2.24, 2.45) is 46.3 Å². The minimum absolute atomic E-state index is 0.0166. The lowest BCUT2D eigenvalue weighted by Crippen LogP contribution is -2.53. The van der Waals surface area contributed by atoms with Crippen molar-refractivity contribution in [1.29, 1.82) is 0 Å². The number of carboxylic acid groups (broad SMARTS) is 3. The molecule has 0 bridgehead atoms. The lowest BCUT2D eigenvalue weighted by molar-refractivity contribution is -0.170. The predicted octanol–water partition coefficient (Wildman–Crippen LogP) is 4.91. The van der Waals surface area contributed by atoms with Crippen LogP contribution in [0.2, 0.25) is 0 Å². The molecular weight excluding hydrogens is 384 g/mol. The molecule has 0 radical (unpaired) electrons. The Balaban J connectivity index is 1.92. The third-order valence-electron chi connectivity index (χ3n) is 9.51. The Morgan fingerprint density at radius 3 is 2.27 bits per heavy atom. The second kappa shape index (κ2) is 8.51. The van der Waals surface area contributed by atoms with Crippen LogP contribution in [-0.2, 0) is 14.4 Å². The third kappa shape index (κ3) is 3.75. The first kappa shape index (κ1) is 23.1. The van der Waals surface area contributed by atoms with Crippen LogP contribution in [0.25, 0.3) is 0 Å². The van der Waals surface area contributed by atoms with Gasteiger partial charge in [-0.05, 0) is 86.9 Å². The number of hydrogen-bond acceptors (Lipinski definition) is 3. The summed E-state index contributed by atoms with van der Waals surface area (Å²) in [5.41, 5.74) is -1.26. The molecule has 3 aliphatic rings. The van der Waals surface area contributed by atoms with Gasteiger partial charge in [0, 0.05) is 6.42 Å². The number of aliphatic carboxylic acids is 3. The molecule has 0 amide bonds. The smallest absolute Gasteiger partial charge is 0.309 e. The van der Waals surface area contributed by atoms with Crippen molar-refractivity contribution in [2.75, 3.05) is 0 Å². The predicted molar refractivity (Wildman–Crippen MR) is 112 cm³/mol. The van der Waals surface area contributed by atoms with Crippen LogP contribution in [0.3, 0.4) is 0 Å². The van der Waals surface area contributed by atoms with Gasteiger partial charge in [-0.2, -0.15) is 0 Å². The fourth-order valence-electron chi connectivity index (χ4n) is 7.90. The SMILES string of the molecule is C[C@H](CCC(=O)O)[C@@H]1CC[C@@H]([C@@H]2CC[C@@H]3CCCC[C@]3(C)[C@@H]2C(=O)O)[C@@]1(C)C(=O)O. The molecule has 0 aliphatic heterocycles. The fraction of sp³-hybridized carbons (Fsp3) is 0.875. The molecular formula is C24H38O6. The summed E-state index contributed by atoms with van der Waals surface area (Å²) in [7, 11) is 0. The number of carboxylic acids is 3. The number of rotatable bonds is 7. The zero-order valence-corrected chi connectivity index (χ0v) is 18.6. The molecule has 3 N–H and O–H groups in total. The van der Waals surface area contributed by atoms with Crippen molar-refractivity contribution in [2.45, 2.75) is 85.0 Å². The third-order valence-corrected chi connectivity index (χ3v) is 9.51. The van der Waals surface area contributed by atoms with Crippen LogP contribution in [0, 0.1) is 46.3 Å². The molecule has 0 unspecified atom stereocenters. The zero-order chi connectivity index (χ0) is 22.3. The van der Waals surface area contributed by atoms with E-state index in [1.165, 1.54) is 0 Å². The van der Waals surface area contributed by atoms with Crippen molar-refractivity contribution < 1.29 is 29.7 Å². The number of hydrogen-bond donors (Lipinski definition) is 3. The van der Waals surface area contributed by atoms with Gasteiger partial charge in [0.2, 0.25) is 0 Å². The van der Waals surface area contributed by atoms with Crippen molar-refractivity contribution in [3.8, 4) is 0 Å². The van der Waals surface area contributed by atoms with E-state index in [1.54, 1.807) is 0 Å². The quantitative estimate of drug-likeness (QED) is 0.537. The Kier molecular flexibility index (Phi) is 6.54. The van der Waals surface area contributed by atoms with Gasteiger partial charge >= 0.3 is 17.9 Å². The first-order valence-electron chi connectivity index (χ1n) is 11.7. The second-order valence-corrected chi connectivity index (χ2v) is 10.8. The van der Waals surface area contributed by atoms with Crippen LogP contribution in [-0.4, -0.2) is 33.2 Å². The van der Waals surface area contributed by atoms with Crippen LogP contribution < -0.4 is 0 Å². The highest BCUT2D eigenvalue weighted by Crippen LogP contribution is 2.63. The fourth-order valence-corrected chi connectivity index (χ4v) is 7.90. The average molecular weight is 423 g/mol. The minimum Gasteiger partial charge on any atom is -0.481 e. The van der Waals surface area contributed by atoms with E-state index in [-0.39, 0.29) is 35.5 Å². The molecule has 3 aliphatic carbocycles. The highest BCUT2D eigenvalue weighted by atomic mass is 16.4. The van der Waals surface area contributed by atoms with Gasteiger partial charge in [0.25, 0.3) is 0 Å². The van der Waals surface area contributed by atoms with E-state index in [0.29, 0.717) is 12.3 Å². The van der Waals surface area contributed by atoms with Gasteiger partial charge in [0.05, 0.1) is 11.3 Å². The van der Waals surface area contributed by atoms with Crippen LogP contribution in [0.1, 0.15) is 85.0 Å². The maximum Gasteiger partial charge on any atom is 0.309 e. The van der Waals surface area contributed by atoms with Crippen LogP contribution in [0.15, 0.2) is 0 Å². The summed E-state index contributed by atoms with van der Waals surface area (Å²) < 4.78 is 0. The lowest BCUT2D eigenvalue weighted by atomic mass is 9.49. The molecule has 170 valence electrons. The topological polar surface area (TPSA) is 112 Å². The number of fused-ring (bicyclic) bond motifs is 1. The molecule has 30 heavy (non-hydrogen) atoms. The van der Waals surface area contributed by atoms with Crippen LogP contribution in [0.5, 0.6) is 0 Å². The molecule has 6 heteroatoms. The second-order valence-electron chi connectivity index (χ2n) is 10.8. The zero-order valence-electron chi connectivity index (χ0n) is 18.6. The molecule has 3 saturated carbocycles. The monoisotopic (exact) mass is 422 g/mol. The normalized spacial score (nSPS) is 42.3. The van der Waals surface area contributed by atoms with E-state index >= 15 is 0 Å². The van der Waals surface area contributed by atoms with E-state index in [1.807, 2.05) is 13.8 Å². The molecule has 0 aromatic heterocycles. The van der Waals surface area contributed by atoms with E-state index in [0.717, 1.165) is 51.4 Å². The van der Waals surface area contributed by atoms with Crippen LogP contribution in [0.4, 0.5) is 0 Å². The molecule has 6 nitrogen and oxygen atoms in total. The summed E-state index contributed by atoms with van der Waals surface area (Å²) in [6.07, 6.45) is 7.97. The molecule has 3 fully saturated rings. The standard InChI is InChI=1S/C24H38O6/c1-14(7-12-19(25)26)17-10-11-18(24(17,3)22(29)30)16-9-8-15-6-4-5-13-23(15,2)20(16)21(27)28/h14-18,20H,4-13H2,1-3H3,(H,25,26)(H,27,28)(H,29,30)/t14-,15+,16+,17+,18+,20+,23+,24+/m1/s1. The van der Waals surface area contributed by atoms with Gasteiger partial charge in [0.1, 0.15) is 0 Å². The van der Waals surface area contributed by atoms with Gasteiger partial charge in [-0.25, -0.2) is 0 Å². The largest absolute Gasteiger partial charge is 0.481 e. The van der Waals surface area contributed by atoms with E-state index < -0.39 is 29.2 Å². The average Bonchev–Trinajstić information content (AvgIpc) is 3.02. The molecule has 0 heterocycles. The summed E-state index contributed by atoms with van der Waals surface area (Å²) in [5.74, 6) is -2.97. The molecule has 0 saturated heterocycles. The van der Waals surface area contributed by atoms with Gasteiger partial charge in [-0.15, -0.1) is 0 Å². The first-order valence-corrected chi connectivity index (χ1v) is 11.7. The summed E-state index contributed by atoms with van der Waals surface area (Å²) >= 11 is 0. The van der Waals surface area contributed by atoms with Gasteiger partial charge in [0.15, 0.2) is 0 Å². The van der Waals surface area contributed by atoms with Gasteiger partial charge < -0.3 is 15.3 Å². The first-order chi connectivity index (χ1) is 14.0.